The minimum Gasteiger partial charge on any atom is -0.396 e. The van der Waals surface area contributed by atoms with Crippen LogP contribution >= 0.6 is 0 Å². The zero-order valence-corrected chi connectivity index (χ0v) is 10.5. The number of benzene rings is 1. The first kappa shape index (κ1) is 13.2. The Kier molecular flexibility index (Phi) is 4.97. The van der Waals surface area contributed by atoms with E-state index in [1.54, 1.807) is 0 Å². The topological polar surface area (TPSA) is 32.3 Å². The van der Waals surface area contributed by atoms with Crippen molar-refractivity contribution in [3.63, 3.8) is 0 Å². The molecule has 0 aliphatic heterocycles. The molecule has 2 heteroatoms. The molecule has 0 heterocycles. The van der Waals surface area contributed by atoms with Crippen LogP contribution in [0.2, 0.25) is 0 Å². The quantitative estimate of drug-likeness (QED) is 0.774. The average Bonchev–Trinajstić information content (AvgIpc) is 2.31. The summed E-state index contributed by atoms with van der Waals surface area (Å²) in [4.78, 5) is 0. The Morgan fingerprint density at radius 2 is 1.88 bits per heavy atom. The first-order valence-corrected chi connectivity index (χ1v) is 5.98. The van der Waals surface area contributed by atoms with Crippen LogP contribution in [0.4, 0.5) is 0 Å². The summed E-state index contributed by atoms with van der Waals surface area (Å²) in [5.74, 6) is 0. The van der Waals surface area contributed by atoms with Crippen LogP contribution in [0.1, 0.15) is 38.8 Å². The smallest absolute Gasteiger partial charge is 0.0494 e. The molecule has 1 aromatic rings. The predicted molar refractivity (Wildman–Crippen MR) is 68.3 cm³/mol. The summed E-state index contributed by atoms with van der Waals surface area (Å²) in [5, 5.41) is 12.7. The van der Waals surface area contributed by atoms with Crippen molar-refractivity contribution < 1.29 is 5.11 Å². The summed E-state index contributed by atoms with van der Waals surface area (Å²) >= 11 is 0. The second kappa shape index (κ2) is 6.02. The summed E-state index contributed by atoms with van der Waals surface area (Å²) in [6, 6.07) is 10.8. The highest BCUT2D eigenvalue weighted by Crippen LogP contribution is 2.19. The van der Waals surface area contributed by atoms with Crippen molar-refractivity contribution in [3.05, 3.63) is 35.9 Å². The van der Waals surface area contributed by atoms with E-state index < -0.39 is 0 Å². The highest BCUT2D eigenvalue weighted by Gasteiger charge is 2.18. The van der Waals surface area contributed by atoms with Crippen molar-refractivity contribution in [2.45, 2.75) is 33.2 Å². The molecule has 0 saturated carbocycles. The van der Waals surface area contributed by atoms with Gasteiger partial charge in [0.05, 0.1) is 0 Å². The number of hydrogen-bond donors (Lipinski definition) is 2. The number of rotatable bonds is 6. The zero-order valence-electron chi connectivity index (χ0n) is 10.5. The Balaban J connectivity index is 2.57. The lowest BCUT2D eigenvalue weighted by atomic mass is 9.93. The maximum atomic E-state index is 9.21. The molecule has 1 rings (SSSR count). The molecule has 0 aliphatic rings. The number of aliphatic hydroxyl groups excluding tert-OH is 1. The molecule has 0 spiro atoms. The number of nitrogens with one attached hydrogen (secondary N) is 1. The minimum atomic E-state index is -0.0534. The van der Waals surface area contributed by atoms with E-state index >= 15 is 0 Å². The fourth-order valence-corrected chi connectivity index (χ4v) is 1.64. The standard InChI is InChI=1S/C14H23NO/c1-4-13(12-8-6-5-7-9-12)15-10-14(2,3)11-16/h5-9,13,15-16H,4,10-11H2,1-3H3. The van der Waals surface area contributed by atoms with Gasteiger partial charge in [0.15, 0.2) is 0 Å². The van der Waals surface area contributed by atoms with Gasteiger partial charge in [-0.2, -0.15) is 0 Å². The van der Waals surface area contributed by atoms with Crippen LogP contribution in [-0.2, 0) is 0 Å². The van der Waals surface area contributed by atoms with Gasteiger partial charge in [0.2, 0.25) is 0 Å². The van der Waals surface area contributed by atoms with E-state index in [1.807, 2.05) is 6.07 Å². The molecule has 0 amide bonds. The Morgan fingerprint density at radius 1 is 1.25 bits per heavy atom. The van der Waals surface area contributed by atoms with Crippen LogP contribution in [0.3, 0.4) is 0 Å². The summed E-state index contributed by atoms with van der Waals surface area (Å²) < 4.78 is 0. The molecule has 0 fully saturated rings. The van der Waals surface area contributed by atoms with Crippen molar-refractivity contribution in [1.29, 1.82) is 0 Å². The molecule has 1 unspecified atom stereocenters. The summed E-state index contributed by atoms with van der Waals surface area (Å²) in [6.45, 7) is 7.36. The molecule has 1 aromatic carbocycles. The van der Waals surface area contributed by atoms with Crippen LogP contribution in [0, 0.1) is 5.41 Å². The zero-order chi connectivity index (χ0) is 12.0. The second-order valence-electron chi connectivity index (χ2n) is 5.07. The van der Waals surface area contributed by atoms with Gasteiger partial charge in [0, 0.05) is 24.6 Å². The van der Waals surface area contributed by atoms with Crippen LogP contribution in [0.25, 0.3) is 0 Å². The molecule has 0 aliphatic carbocycles. The molecule has 16 heavy (non-hydrogen) atoms. The molecular weight excluding hydrogens is 198 g/mol. The van der Waals surface area contributed by atoms with E-state index in [9.17, 15) is 5.11 Å². The maximum absolute atomic E-state index is 9.21. The van der Waals surface area contributed by atoms with Crippen LogP contribution < -0.4 is 5.32 Å². The normalized spacial score (nSPS) is 13.8. The van der Waals surface area contributed by atoms with Crippen LogP contribution in [0.5, 0.6) is 0 Å². The molecule has 0 saturated heterocycles. The predicted octanol–water partition coefficient (Wildman–Crippen LogP) is 2.75. The first-order chi connectivity index (χ1) is 7.59. The lowest BCUT2D eigenvalue weighted by Crippen LogP contribution is -2.34. The lowest BCUT2D eigenvalue weighted by Gasteiger charge is -2.26. The number of aliphatic hydroxyl groups is 1. The molecule has 90 valence electrons. The van der Waals surface area contributed by atoms with Gasteiger partial charge < -0.3 is 10.4 Å². The Labute approximate surface area is 98.7 Å². The van der Waals surface area contributed by atoms with Gasteiger partial charge in [-0.05, 0) is 12.0 Å². The van der Waals surface area contributed by atoms with Gasteiger partial charge in [-0.1, -0.05) is 51.1 Å². The molecule has 2 nitrogen and oxygen atoms in total. The lowest BCUT2D eigenvalue weighted by molar-refractivity contribution is 0.152. The molecule has 2 N–H and O–H groups in total. The second-order valence-corrected chi connectivity index (χ2v) is 5.07. The van der Waals surface area contributed by atoms with E-state index in [-0.39, 0.29) is 12.0 Å². The third-order valence-corrected chi connectivity index (χ3v) is 2.87. The fourth-order valence-electron chi connectivity index (χ4n) is 1.64. The molecule has 0 radical (unpaired) electrons. The first-order valence-electron chi connectivity index (χ1n) is 5.98. The summed E-state index contributed by atoms with van der Waals surface area (Å²) in [5.41, 5.74) is 1.26. The highest BCUT2D eigenvalue weighted by molar-refractivity contribution is 5.18. The third kappa shape index (κ3) is 3.95. The SMILES string of the molecule is CCC(NCC(C)(C)CO)c1ccccc1. The van der Waals surface area contributed by atoms with Gasteiger partial charge >= 0.3 is 0 Å². The van der Waals surface area contributed by atoms with Crippen molar-refractivity contribution in [2.75, 3.05) is 13.2 Å². The molecule has 0 aromatic heterocycles. The van der Waals surface area contributed by atoms with Gasteiger partial charge in [-0.15, -0.1) is 0 Å². The van der Waals surface area contributed by atoms with E-state index in [0.717, 1.165) is 13.0 Å². The van der Waals surface area contributed by atoms with E-state index in [1.165, 1.54) is 5.56 Å². The largest absolute Gasteiger partial charge is 0.396 e. The molecule has 1 atom stereocenters. The van der Waals surface area contributed by atoms with E-state index in [0.29, 0.717) is 6.04 Å². The highest BCUT2D eigenvalue weighted by atomic mass is 16.3. The monoisotopic (exact) mass is 221 g/mol. The van der Waals surface area contributed by atoms with Crippen molar-refractivity contribution in [3.8, 4) is 0 Å². The summed E-state index contributed by atoms with van der Waals surface area (Å²) in [7, 11) is 0. The third-order valence-electron chi connectivity index (χ3n) is 2.87. The van der Waals surface area contributed by atoms with Gasteiger partial charge in [-0.3, -0.25) is 0 Å². The Morgan fingerprint density at radius 3 is 2.38 bits per heavy atom. The Bertz CT molecular complexity index is 295. The molecule has 0 bridgehead atoms. The van der Waals surface area contributed by atoms with Crippen molar-refractivity contribution in [1.82, 2.24) is 5.32 Å². The maximum Gasteiger partial charge on any atom is 0.0494 e. The average molecular weight is 221 g/mol. The van der Waals surface area contributed by atoms with E-state index in [2.05, 4.69) is 50.4 Å². The minimum absolute atomic E-state index is 0.0534. The fraction of sp³-hybridized carbons (Fsp3) is 0.571. The van der Waals surface area contributed by atoms with Crippen molar-refractivity contribution >= 4 is 0 Å². The van der Waals surface area contributed by atoms with Crippen LogP contribution in [0.15, 0.2) is 30.3 Å². The van der Waals surface area contributed by atoms with Gasteiger partial charge in [-0.25, -0.2) is 0 Å². The molecular formula is C14H23NO. The summed E-state index contributed by atoms with van der Waals surface area (Å²) in [6.07, 6.45) is 1.06. The van der Waals surface area contributed by atoms with E-state index in [4.69, 9.17) is 0 Å². The number of hydrogen-bond acceptors (Lipinski definition) is 2. The van der Waals surface area contributed by atoms with Crippen molar-refractivity contribution in [2.24, 2.45) is 5.41 Å². The van der Waals surface area contributed by atoms with Gasteiger partial charge in [0.25, 0.3) is 0 Å². The Hall–Kier alpha value is -0.860. The van der Waals surface area contributed by atoms with Crippen LogP contribution in [-0.4, -0.2) is 18.3 Å². The van der Waals surface area contributed by atoms with Gasteiger partial charge in [0.1, 0.15) is 0 Å².